The van der Waals surface area contributed by atoms with Crippen molar-refractivity contribution in [1.82, 2.24) is 14.8 Å². The van der Waals surface area contributed by atoms with Crippen molar-refractivity contribution in [2.75, 3.05) is 11.1 Å². The molecule has 128 valence electrons. The van der Waals surface area contributed by atoms with Crippen molar-refractivity contribution in [2.24, 2.45) is 0 Å². The van der Waals surface area contributed by atoms with Crippen LogP contribution in [0.4, 0.5) is 5.82 Å². The summed E-state index contributed by atoms with van der Waals surface area (Å²) in [5, 5.41) is 6.52. The van der Waals surface area contributed by atoms with Crippen LogP contribution < -0.4 is 10.9 Å². The first-order chi connectivity index (χ1) is 12.1. The molecule has 0 radical (unpaired) electrons. The molecule has 3 aromatic rings. The summed E-state index contributed by atoms with van der Waals surface area (Å²) in [4.78, 5) is 29.4. The highest BCUT2D eigenvalue weighted by Gasteiger charge is 2.31. The van der Waals surface area contributed by atoms with Crippen molar-refractivity contribution in [3.8, 4) is 0 Å². The van der Waals surface area contributed by atoms with Crippen LogP contribution in [-0.2, 0) is 4.79 Å². The SMILES string of the molecule is CC(C)n1[nH]c(=O)c2c1NC(=O)CSC2c1cccc2cccnc12. The number of nitrogens with zero attached hydrogens (tertiary/aromatic N) is 2. The molecule has 1 amide bonds. The maximum atomic E-state index is 12.7. The molecule has 1 atom stereocenters. The lowest BCUT2D eigenvalue weighted by Crippen LogP contribution is -2.17. The summed E-state index contributed by atoms with van der Waals surface area (Å²) in [5.41, 5.74) is 2.23. The number of H-pyrrole nitrogens is 1. The van der Waals surface area contributed by atoms with Gasteiger partial charge in [-0.3, -0.25) is 24.4 Å². The number of benzene rings is 1. The number of hydrogen-bond donors (Lipinski definition) is 2. The Morgan fingerprint density at radius 1 is 1.24 bits per heavy atom. The highest BCUT2D eigenvalue weighted by atomic mass is 32.2. The number of anilines is 1. The normalized spacial score (nSPS) is 17.4. The largest absolute Gasteiger partial charge is 0.310 e. The Morgan fingerprint density at radius 2 is 2.04 bits per heavy atom. The molecule has 25 heavy (non-hydrogen) atoms. The van der Waals surface area contributed by atoms with E-state index in [2.05, 4.69) is 15.4 Å². The second-order valence-corrected chi connectivity index (χ2v) is 7.42. The lowest BCUT2D eigenvalue weighted by Gasteiger charge is -2.16. The number of aromatic amines is 1. The Hall–Kier alpha value is -2.54. The third kappa shape index (κ3) is 2.64. The molecule has 7 heteroatoms. The smallest absolute Gasteiger partial charge is 0.270 e. The third-order valence-corrected chi connectivity index (χ3v) is 5.58. The molecule has 2 aromatic heterocycles. The summed E-state index contributed by atoms with van der Waals surface area (Å²) < 4.78 is 1.73. The minimum absolute atomic E-state index is 0.0335. The fraction of sp³-hybridized carbons (Fsp3) is 0.278. The zero-order chi connectivity index (χ0) is 17.6. The van der Waals surface area contributed by atoms with Crippen molar-refractivity contribution in [1.29, 1.82) is 0 Å². The second kappa shape index (κ2) is 6.07. The number of para-hydroxylation sites is 1. The summed E-state index contributed by atoms with van der Waals surface area (Å²) in [5.74, 6) is 0.753. The van der Waals surface area contributed by atoms with Gasteiger partial charge in [-0.05, 0) is 25.5 Å². The Labute approximate surface area is 148 Å². The standard InChI is InChI=1S/C18H18N4O2S/c1-10(2)22-17-14(18(24)21-22)16(25-9-13(23)20-17)12-7-3-5-11-6-4-8-19-15(11)12/h3-8,10,16H,9H2,1-2H3,(H,20,23)(H,21,24). The van der Waals surface area contributed by atoms with Crippen molar-refractivity contribution in [2.45, 2.75) is 25.1 Å². The zero-order valence-corrected chi connectivity index (χ0v) is 14.8. The molecule has 0 bridgehead atoms. The van der Waals surface area contributed by atoms with E-state index >= 15 is 0 Å². The van der Waals surface area contributed by atoms with Crippen molar-refractivity contribution >= 4 is 34.4 Å². The van der Waals surface area contributed by atoms with Crippen LogP contribution in [0.1, 0.15) is 36.3 Å². The van der Waals surface area contributed by atoms with Gasteiger partial charge in [0.25, 0.3) is 5.56 Å². The highest BCUT2D eigenvalue weighted by Crippen LogP contribution is 2.42. The van der Waals surface area contributed by atoms with Crippen molar-refractivity contribution in [3.63, 3.8) is 0 Å². The fourth-order valence-corrected chi connectivity index (χ4v) is 4.36. The van der Waals surface area contributed by atoms with E-state index in [9.17, 15) is 9.59 Å². The molecule has 0 aliphatic carbocycles. The summed E-state index contributed by atoms with van der Waals surface area (Å²) in [7, 11) is 0. The van der Waals surface area contributed by atoms with E-state index in [0.29, 0.717) is 17.1 Å². The number of amides is 1. The van der Waals surface area contributed by atoms with Gasteiger partial charge in [0.1, 0.15) is 5.82 Å². The van der Waals surface area contributed by atoms with Crippen LogP contribution in [0.2, 0.25) is 0 Å². The zero-order valence-electron chi connectivity index (χ0n) is 13.9. The first kappa shape index (κ1) is 16.0. The predicted octanol–water partition coefficient (Wildman–Crippen LogP) is 3.08. The molecule has 1 aliphatic heterocycles. The maximum Gasteiger partial charge on any atom is 0.270 e. The quantitative estimate of drug-likeness (QED) is 0.741. The minimum Gasteiger partial charge on any atom is -0.310 e. The second-order valence-electron chi connectivity index (χ2n) is 6.33. The average Bonchev–Trinajstić information content (AvgIpc) is 2.82. The maximum absolute atomic E-state index is 12.7. The Balaban J connectivity index is 1.98. The average molecular weight is 354 g/mol. The number of thioether (sulfide) groups is 1. The minimum atomic E-state index is -0.253. The van der Waals surface area contributed by atoms with Crippen LogP contribution in [0.3, 0.4) is 0 Å². The Morgan fingerprint density at radius 3 is 2.84 bits per heavy atom. The third-order valence-electron chi connectivity index (χ3n) is 4.33. The fourth-order valence-electron chi connectivity index (χ4n) is 3.22. The monoisotopic (exact) mass is 354 g/mol. The number of carbonyl (C=O) groups is 1. The van der Waals surface area contributed by atoms with E-state index in [1.54, 1.807) is 10.9 Å². The number of aromatic nitrogens is 3. The molecular weight excluding hydrogens is 336 g/mol. The number of fused-ring (bicyclic) bond motifs is 2. The molecular formula is C18H18N4O2S. The van der Waals surface area contributed by atoms with Gasteiger partial charge in [-0.15, -0.1) is 11.8 Å². The summed E-state index contributed by atoms with van der Waals surface area (Å²) in [6.45, 7) is 3.93. The van der Waals surface area contributed by atoms with Gasteiger partial charge in [0.05, 0.1) is 22.1 Å². The van der Waals surface area contributed by atoms with E-state index < -0.39 is 0 Å². The number of hydrogen-bond acceptors (Lipinski definition) is 4. The molecule has 4 rings (SSSR count). The number of carbonyl (C=O) groups excluding carboxylic acids is 1. The van der Waals surface area contributed by atoms with Gasteiger partial charge in [-0.2, -0.15) is 0 Å². The van der Waals surface area contributed by atoms with Crippen LogP contribution in [0.15, 0.2) is 41.3 Å². The lowest BCUT2D eigenvalue weighted by atomic mass is 10.0. The number of nitrogens with one attached hydrogen (secondary N) is 2. The highest BCUT2D eigenvalue weighted by molar-refractivity contribution is 8.00. The molecule has 2 N–H and O–H groups in total. The lowest BCUT2D eigenvalue weighted by molar-refractivity contribution is -0.113. The van der Waals surface area contributed by atoms with Gasteiger partial charge >= 0.3 is 0 Å². The first-order valence-electron chi connectivity index (χ1n) is 8.15. The van der Waals surface area contributed by atoms with Crippen molar-refractivity contribution in [3.05, 3.63) is 58.0 Å². The summed E-state index contributed by atoms with van der Waals surface area (Å²) in [6.07, 6.45) is 1.75. The van der Waals surface area contributed by atoms with Crippen LogP contribution in [0, 0.1) is 0 Å². The molecule has 1 unspecified atom stereocenters. The van der Waals surface area contributed by atoms with Gasteiger partial charge in [0.15, 0.2) is 0 Å². The van der Waals surface area contributed by atoms with Crippen molar-refractivity contribution < 1.29 is 4.79 Å². The first-order valence-corrected chi connectivity index (χ1v) is 9.20. The molecule has 0 saturated heterocycles. The summed E-state index contributed by atoms with van der Waals surface area (Å²) >= 11 is 1.46. The van der Waals surface area contributed by atoms with E-state index in [1.165, 1.54) is 11.8 Å². The molecule has 3 heterocycles. The van der Waals surface area contributed by atoms with Crippen LogP contribution >= 0.6 is 11.8 Å². The van der Waals surface area contributed by atoms with Crippen LogP contribution in [0.5, 0.6) is 0 Å². The Kier molecular flexibility index (Phi) is 3.88. The van der Waals surface area contributed by atoms with Gasteiger partial charge in [0, 0.05) is 17.6 Å². The topological polar surface area (TPSA) is 79.8 Å². The molecule has 1 aromatic carbocycles. The van der Waals surface area contributed by atoms with E-state index in [0.717, 1.165) is 16.5 Å². The van der Waals surface area contributed by atoms with Gasteiger partial charge in [0.2, 0.25) is 5.91 Å². The Bertz CT molecular complexity index is 1020. The van der Waals surface area contributed by atoms with Gasteiger partial charge in [-0.25, -0.2) is 0 Å². The van der Waals surface area contributed by atoms with Gasteiger partial charge in [-0.1, -0.05) is 24.3 Å². The van der Waals surface area contributed by atoms with Crippen LogP contribution in [0.25, 0.3) is 10.9 Å². The molecule has 0 fully saturated rings. The van der Waals surface area contributed by atoms with E-state index in [-0.39, 0.29) is 22.8 Å². The summed E-state index contributed by atoms with van der Waals surface area (Å²) in [6, 6.07) is 9.88. The van der Waals surface area contributed by atoms with Crippen LogP contribution in [-0.4, -0.2) is 26.4 Å². The molecule has 0 spiro atoms. The molecule has 1 aliphatic rings. The van der Waals surface area contributed by atoms with E-state index in [1.807, 2.05) is 44.2 Å². The molecule has 6 nitrogen and oxygen atoms in total. The number of pyridine rings is 1. The number of rotatable bonds is 2. The van der Waals surface area contributed by atoms with Gasteiger partial charge < -0.3 is 5.32 Å². The van der Waals surface area contributed by atoms with E-state index in [4.69, 9.17) is 0 Å². The molecule has 0 saturated carbocycles. The predicted molar refractivity (Wildman–Crippen MR) is 100 cm³/mol.